The van der Waals surface area contributed by atoms with Crippen LogP contribution in [0.1, 0.15) is 11.1 Å². The maximum absolute atomic E-state index is 12.8. The van der Waals surface area contributed by atoms with Crippen LogP contribution in [0, 0.1) is 0 Å². The van der Waals surface area contributed by atoms with Crippen molar-refractivity contribution in [2.45, 2.75) is 6.18 Å². The van der Waals surface area contributed by atoms with Crippen LogP contribution in [-0.2, 0) is 6.18 Å². The predicted octanol–water partition coefficient (Wildman–Crippen LogP) is 1.99. The van der Waals surface area contributed by atoms with Crippen LogP contribution in [0.25, 0.3) is 5.69 Å². The van der Waals surface area contributed by atoms with E-state index in [9.17, 15) is 13.2 Å². The van der Waals surface area contributed by atoms with E-state index in [4.69, 9.17) is 10.9 Å². The number of aromatic nitrogens is 2. The van der Waals surface area contributed by atoms with Crippen molar-refractivity contribution in [1.29, 1.82) is 0 Å². The molecule has 0 saturated heterocycles. The van der Waals surface area contributed by atoms with Crippen molar-refractivity contribution >= 4 is 5.84 Å². The number of benzene rings is 1. The second kappa shape index (κ2) is 4.63. The number of nitrogens with two attached hydrogens (primary N) is 1. The Morgan fingerprint density at radius 3 is 2.63 bits per heavy atom. The lowest BCUT2D eigenvalue weighted by Gasteiger charge is -2.13. The fourth-order valence-corrected chi connectivity index (χ4v) is 1.61. The molecule has 0 aliphatic rings. The number of oxime groups is 1. The van der Waals surface area contributed by atoms with Crippen molar-refractivity contribution in [2.24, 2.45) is 10.9 Å². The van der Waals surface area contributed by atoms with Gasteiger partial charge in [-0.1, -0.05) is 5.16 Å². The Morgan fingerprint density at radius 2 is 2.11 bits per heavy atom. The molecule has 1 aromatic heterocycles. The average molecular weight is 270 g/mol. The smallest absolute Gasteiger partial charge is 0.409 e. The van der Waals surface area contributed by atoms with Crippen LogP contribution in [0.3, 0.4) is 0 Å². The first-order chi connectivity index (χ1) is 8.93. The minimum Gasteiger partial charge on any atom is -0.409 e. The van der Waals surface area contributed by atoms with Crippen LogP contribution < -0.4 is 5.73 Å². The molecule has 3 N–H and O–H groups in total. The minimum absolute atomic E-state index is 0.375. The summed E-state index contributed by atoms with van der Waals surface area (Å²) in [7, 11) is 0. The lowest BCUT2D eigenvalue weighted by atomic mass is 10.1. The number of hydrogen-bond donors (Lipinski definition) is 2. The largest absolute Gasteiger partial charge is 0.417 e. The van der Waals surface area contributed by atoms with Crippen LogP contribution in [0.5, 0.6) is 0 Å². The first kappa shape index (κ1) is 12.9. The zero-order valence-electron chi connectivity index (χ0n) is 9.46. The fourth-order valence-electron chi connectivity index (χ4n) is 1.61. The average Bonchev–Trinajstić information content (AvgIpc) is 2.90. The zero-order valence-corrected chi connectivity index (χ0v) is 9.46. The van der Waals surface area contributed by atoms with Crippen molar-refractivity contribution in [3.63, 3.8) is 0 Å². The highest BCUT2D eigenvalue weighted by Gasteiger charge is 2.34. The van der Waals surface area contributed by atoms with Crippen molar-refractivity contribution in [3.05, 3.63) is 47.8 Å². The summed E-state index contributed by atoms with van der Waals surface area (Å²) in [6, 6.07) is 4.90. The molecule has 100 valence electrons. The first-order valence-corrected chi connectivity index (χ1v) is 5.12. The molecule has 0 spiro atoms. The molecule has 0 aliphatic carbocycles. The summed E-state index contributed by atoms with van der Waals surface area (Å²) < 4.78 is 39.8. The number of hydrogen-bond acceptors (Lipinski definition) is 3. The van der Waals surface area contributed by atoms with Crippen LogP contribution >= 0.6 is 0 Å². The first-order valence-electron chi connectivity index (χ1n) is 5.12. The molecule has 8 heteroatoms. The van der Waals surface area contributed by atoms with Crippen LogP contribution in [0.4, 0.5) is 13.2 Å². The highest BCUT2D eigenvalue weighted by molar-refractivity contribution is 5.99. The summed E-state index contributed by atoms with van der Waals surface area (Å²) >= 11 is 0. The molecule has 0 atom stereocenters. The Morgan fingerprint density at radius 1 is 1.37 bits per heavy atom. The number of halogens is 3. The van der Waals surface area contributed by atoms with Gasteiger partial charge in [-0.25, -0.2) is 4.68 Å². The molecule has 2 rings (SSSR count). The van der Waals surface area contributed by atoms with E-state index in [-0.39, 0.29) is 0 Å². The maximum atomic E-state index is 12.8. The Hall–Kier alpha value is -2.51. The standard InChI is InChI=1S/C11H9F3N4O/c12-11(13,14)9-3-2-7(18-5-1-4-16-18)6-8(9)10(15)17-19/h1-6,19H,(H2,15,17). The molecule has 0 fully saturated rings. The summed E-state index contributed by atoms with van der Waals surface area (Å²) in [5.74, 6) is -0.610. The van der Waals surface area contributed by atoms with Gasteiger partial charge in [-0.05, 0) is 24.3 Å². The van der Waals surface area contributed by atoms with Gasteiger partial charge in [0.2, 0.25) is 0 Å². The molecule has 5 nitrogen and oxygen atoms in total. The monoisotopic (exact) mass is 270 g/mol. The van der Waals surface area contributed by atoms with E-state index in [0.29, 0.717) is 5.69 Å². The Bertz CT molecular complexity index is 605. The van der Waals surface area contributed by atoms with Crippen molar-refractivity contribution in [2.75, 3.05) is 0 Å². The number of amidine groups is 1. The lowest BCUT2D eigenvalue weighted by Crippen LogP contribution is -2.20. The third-order valence-electron chi connectivity index (χ3n) is 2.46. The van der Waals surface area contributed by atoms with E-state index in [0.717, 1.165) is 12.1 Å². The summed E-state index contributed by atoms with van der Waals surface area (Å²) in [6.45, 7) is 0. The fraction of sp³-hybridized carbons (Fsp3) is 0.0909. The third kappa shape index (κ3) is 2.51. The molecule has 2 aromatic rings. The number of alkyl halides is 3. The van der Waals surface area contributed by atoms with Crippen molar-refractivity contribution in [1.82, 2.24) is 9.78 Å². The summed E-state index contributed by atoms with van der Waals surface area (Å²) in [5.41, 5.74) is 4.29. The van der Waals surface area contributed by atoms with Crippen LogP contribution in [0.2, 0.25) is 0 Å². The molecule has 0 bridgehead atoms. The minimum atomic E-state index is -4.59. The molecule has 0 unspecified atom stereocenters. The van der Waals surface area contributed by atoms with Crippen molar-refractivity contribution in [3.8, 4) is 5.69 Å². The molecular weight excluding hydrogens is 261 g/mol. The van der Waals surface area contributed by atoms with E-state index in [2.05, 4.69) is 10.3 Å². The molecule has 0 saturated carbocycles. The third-order valence-corrected chi connectivity index (χ3v) is 2.46. The second-order valence-electron chi connectivity index (χ2n) is 3.66. The lowest BCUT2D eigenvalue weighted by molar-refractivity contribution is -0.137. The van der Waals surface area contributed by atoms with Gasteiger partial charge in [-0.2, -0.15) is 18.3 Å². The van der Waals surface area contributed by atoms with Gasteiger partial charge in [0.25, 0.3) is 0 Å². The molecule has 1 aromatic carbocycles. The maximum Gasteiger partial charge on any atom is 0.417 e. The summed E-state index contributed by atoms with van der Waals surface area (Å²) in [6.07, 6.45) is -1.53. The Labute approximate surface area is 105 Å². The van der Waals surface area contributed by atoms with Crippen molar-refractivity contribution < 1.29 is 18.4 Å². The van der Waals surface area contributed by atoms with E-state index in [1.54, 1.807) is 12.3 Å². The summed E-state index contributed by atoms with van der Waals surface area (Å²) in [5, 5.41) is 15.1. The predicted molar refractivity (Wildman–Crippen MR) is 61.1 cm³/mol. The Kier molecular flexibility index (Phi) is 3.16. The quantitative estimate of drug-likeness (QED) is 0.379. The van der Waals surface area contributed by atoms with E-state index < -0.39 is 23.1 Å². The van der Waals surface area contributed by atoms with Gasteiger partial charge < -0.3 is 10.9 Å². The molecule has 0 amide bonds. The van der Waals surface area contributed by atoms with Gasteiger partial charge in [-0.15, -0.1) is 0 Å². The summed E-state index contributed by atoms with van der Waals surface area (Å²) in [4.78, 5) is 0. The van der Waals surface area contributed by atoms with Gasteiger partial charge in [0.05, 0.1) is 11.3 Å². The van der Waals surface area contributed by atoms with E-state index in [1.807, 2.05) is 0 Å². The van der Waals surface area contributed by atoms with Gasteiger partial charge in [-0.3, -0.25) is 0 Å². The van der Waals surface area contributed by atoms with E-state index in [1.165, 1.54) is 16.9 Å². The normalized spacial score (nSPS) is 12.7. The van der Waals surface area contributed by atoms with Gasteiger partial charge in [0.15, 0.2) is 5.84 Å². The van der Waals surface area contributed by atoms with Gasteiger partial charge >= 0.3 is 6.18 Å². The molecule has 19 heavy (non-hydrogen) atoms. The van der Waals surface area contributed by atoms with Gasteiger partial charge in [0, 0.05) is 18.0 Å². The highest BCUT2D eigenvalue weighted by atomic mass is 19.4. The van der Waals surface area contributed by atoms with E-state index >= 15 is 0 Å². The zero-order chi connectivity index (χ0) is 14.0. The Balaban J connectivity index is 2.61. The molecule has 0 radical (unpaired) electrons. The second-order valence-corrected chi connectivity index (χ2v) is 3.66. The van der Waals surface area contributed by atoms with Crippen LogP contribution in [-0.4, -0.2) is 20.8 Å². The molecular formula is C11H9F3N4O. The SMILES string of the molecule is N/C(=N/O)c1cc(-n2cccn2)ccc1C(F)(F)F. The number of rotatable bonds is 2. The number of nitrogens with zero attached hydrogens (tertiary/aromatic N) is 3. The highest BCUT2D eigenvalue weighted by Crippen LogP contribution is 2.32. The van der Waals surface area contributed by atoms with Gasteiger partial charge in [0.1, 0.15) is 0 Å². The molecule has 0 aliphatic heterocycles. The topological polar surface area (TPSA) is 76.4 Å². The molecule has 1 heterocycles. The van der Waals surface area contributed by atoms with Crippen LogP contribution in [0.15, 0.2) is 41.8 Å².